The van der Waals surface area contributed by atoms with Crippen LogP contribution in [0.5, 0.6) is 0 Å². The zero-order chi connectivity index (χ0) is 48.7. The highest BCUT2D eigenvalue weighted by molar-refractivity contribution is 6.94. The van der Waals surface area contributed by atoms with Crippen LogP contribution >= 0.6 is 0 Å². The lowest BCUT2D eigenvalue weighted by molar-refractivity contribution is 0.590. The standard InChI is InChI=1S/C67H53BN2O2/c1-65(2,3)40-27-30-42(31-28-40)70-53-36-50-45(43-23-15-17-25-49(43)67(50,7)8)34-47(53)58-59-44-24-16-18-26-55(44)71-64(59)60-46-33-41(66(4,5)6)29-32-52(46)69-54-35-48-56(37-51(54)68(70)61(58)62(60)69)72-63(39-21-13-10-14-22-39)57(48)38-19-11-9-12-20-38/h9-37H,1-8H3. The second kappa shape index (κ2) is 14.1. The molecule has 1 aliphatic carbocycles. The average Bonchev–Trinajstić information content (AvgIpc) is 4.12. The molecule has 0 bridgehead atoms. The lowest BCUT2D eigenvalue weighted by Gasteiger charge is -2.43. The van der Waals surface area contributed by atoms with Crippen LogP contribution in [0.2, 0.25) is 0 Å². The van der Waals surface area contributed by atoms with Crippen molar-refractivity contribution in [2.75, 3.05) is 4.81 Å². The second-order valence-corrected chi connectivity index (χ2v) is 23.2. The van der Waals surface area contributed by atoms with Gasteiger partial charge in [0.25, 0.3) is 0 Å². The number of hydrogen-bond acceptors (Lipinski definition) is 3. The van der Waals surface area contributed by atoms with Gasteiger partial charge in [-0.3, -0.25) is 0 Å². The summed E-state index contributed by atoms with van der Waals surface area (Å²) < 4.78 is 17.2. The Kier molecular flexibility index (Phi) is 8.18. The maximum atomic E-state index is 7.34. The van der Waals surface area contributed by atoms with E-state index in [-0.39, 0.29) is 23.1 Å². The second-order valence-electron chi connectivity index (χ2n) is 23.2. The molecule has 12 aromatic rings. The average molecular weight is 929 g/mol. The van der Waals surface area contributed by atoms with Crippen molar-refractivity contribution >= 4 is 83.9 Å². The van der Waals surface area contributed by atoms with Gasteiger partial charge in [-0.15, -0.1) is 0 Å². The van der Waals surface area contributed by atoms with Gasteiger partial charge in [-0.1, -0.05) is 177 Å². The third-order valence-corrected chi connectivity index (χ3v) is 16.7. The lowest BCUT2D eigenvalue weighted by atomic mass is 9.43. The van der Waals surface area contributed by atoms with Crippen LogP contribution in [0.1, 0.15) is 77.6 Å². The number of hydrogen-bond donors (Lipinski definition) is 0. The van der Waals surface area contributed by atoms with E-state index in [9.17, 15) is 0 Å². The van der Waals surface area contributed by atoms with Crippen LogP contribution < -0.4 is 15.7 Å². The van der Waals surface area contributed by atoms with E-state index in [1.807, 2.05) is 0 Å². The Labute approximate surface area is 420 Å². The molecule has 0 radical (unpaired) electrons. The molecule has 0 amide bonds. The van der Waals surface area contributed by atoms with Gasteiger partial charge in [0.15, 0.2) is 0 Å². The van der Waals surface area contributed by atoms with Gasteiger partial charge in [0.1, 0.15) is 22.5 Å². The summed E-state index contributed by atoms with van der Waals surface area (Å²) in [6, 6.07) is 65.7. The molecule has 3 aromatic heterocycles. The van der Waals surface area contributed by atoms with E-state index < -0.39 is 0 Å². The van der Waals surface area contributed by atoms with Crippen LogP contribution in [0.4, 0.5) is 11.4 Å². The van der Waals surface area contributed by atoms with Crippen molar-refractivity contribution in [1.82, 2.24) is 4.57 Å². The van der Waals surface area contributed by atoms with Gasteiger partial charge >= 0.3 is 6.85 Å². The summed E-state index contributed by atoms with van der Waals surface area (Å²) in [6.45, 7) is 18.4. The van der Waals surface area contributed by atoms with Gasteiger partial charge < -0.3 is 18.2 Å². The third-order valence-electron chi connectivity index (χ3n) is 16.7. The Hall–Kier alpha value is -8.02. The Morgan fingerprint density at radius 1 is 0.486 bits per heavy atom. The maximum Gasteiger partial charge on any atom is 0.333 e. The number of anilines is 2. The molecule has 0 atom stereocenters. The summed E-state index contributed by atoms with van der Waals surface area (Å²) in [6.07, 6.45) is 0. The minimum absolute atomic E-state index is 0.0102. The highest BCUT2D eigenvalue weighted by atomic mass is 16.3. The van der Waals surface area contributed by atoms with Crippen LogP contribution in [-0.2, 0) is 16.2 Å². The van der Waals surface area contributed by atoms with Gasteiger partial charge in [0.05, 0.1) is 16.4 Å². The fourth-order valence-electron chi connectivity index (χ4n) is 13.1. The minimum atomic E-state index is -0.248. The molecule has 5 heterocycles. The Balaban J connectivity index is 1.17. The molecule has 346 valence electrons. The number of para-hydroxylation sites is 1. The lowest BCUT2D eigenvalue weighted by Crippen LogP contribution is -2.60. The molecule has 72 heavy (non-hydrogen) atoms. The van der Waals surface area contributed by atoms with E-state index in [4.69, 9.17) is 8.83 Å². The monoisotopic (exact) mass is 928 g/mol. The quantitative estimate of drug-likeness (QED) is 0.166. The molecule has 2 aliphatic heterocycles. The molecular formula is C67H53BN2O2. The zero-order valence-electron chi connectivity index (χ0n) is 42.0. The number of furan rings is 2. The largest absolute Gasteiger partial charge is 0.455 e. The van der Waals surface area contributed by atoms with E-state index in [1.54, 1.807) is 0 Å². The van der Waals surface area contributed by atoms with E-state index in [0.29, 0.717) is 0 Å². The molecule has 0 spiro atoms. The van der Waals surface area contributed by atoms with Crippen LogP contribution in [-0.4, -0.2) is 11.4 Å². The molecule has 3 aliphatic rings. The number of nitrogens with zero attached hydrogens (tertiary/aromatic N) is 2. The third kappa shape index (κ3) is 5.49. The van der Waals surface area contributed by atoms with Crippen molar-refractivity contribution < 1.29 is 8.83 Å². The van der Waals surface area contributed by atoms with Crippen molar-refractivity contribution in [3.63, 3.8) is 0 Å². The van der Waals surface area contributed by atoms with E-state index >= 15 is 0 Å². The van der Waals surface area contributed by atoms with Gasteiger partial charge in [-0.25, -0.2) is 0 Å². The molecule has 9 aromatic carbocycles. The van der Waals surface area contributed by atoms with Crippen molar-refractivity contribution in [1.29, 1.82) is 0 Å². The minimum Gasteiger partial charge on any atom is -0.455 e. The summed E-state index contributed by atoms with van der Waals surface area (Å²) >= 11 is 0. The van der Waals surface area contributed by atoms with Crippen molar-refractivity contribution in [3.05, 3.63) is 198 Å². The fraction of sp³-hybridized carbons (Fsp3) is 0.164. The highest BCUT2D eigenvalue weighted by Crippen LogP contribution is 2.57. The fourth-order valence-corrected chi connectivity index (χ4v) is 13.1. The van der Waals surface area contributed by atoms with Gasteiger partial charge in [0, 0.05) is 60.7 Å². The molecule has 5 heteroatoms. The molecule has 0 N–H and O–H groups in total. The molecular weight excluding hydrogens is 876 g/mol. The molecule has 4 nitrogen and oxygen atoms in total. The maximum absolute atomic E-state index is 7.34. The van der Waals surface area contributed by atoms with Crippen LogP contribution in [0.15, 0.2) is 185 Å². The zero-order valence-corrected chi connectivity index (χ0v) is 42.0. The van der Waals surface area contributed by atoms with Crippen molar-refractivity contribution in [3.8, 4) is 50.4 Å². The first-order valence-electron chi connectivity index (χ1n) is 25.6. The SMILES string of the molecule is CC(C)(C)c1ccc(N2B3c4cc5oc(-c6ccccc6)c(-c6ccccc6)c5cc4-n4c5ccc(C(C)(C)C)cc5c5c6oc7ccccc7c6c(c3c54)-c3cc4c(cc32)C(C)(C)c2ccccc2-4)cc1. The Bertz CT molecular complexity index is 4310. The van der Waals surface area contributed by atoms with E-state index in [2.05, 4.69) is 241 Å². The van der Waals surface area contributed by atoms with Crippen LogP contribution in [0.25, 0.3) is 105 Å². The van der Waals surface area contributed by atoms with E-state index in [1.165, 1.54) is 77.4 Å². The predicted molar refractivity (Wildman–Crippen MR) is 303 cm³/mol. The first kappa shape index (κ1) is 41.7. The van der Waals surface area contributed by atoms with Crippen LogP contribution in [0.3, 0.4) is 0 Å². The number of fused-ring (bicyclic) bond motifs is 17. The summed E-state index contributed by atoms with van der Waals surface area (Å²) in [7, 11) is 0. The van der Waals surface area contributed by atoms with Crippen molar-refractivity contribution in [2.45, 2.75) is 71.6 Å². The molecule has 0 saturated heterocycles. The number of benzene rings is 9. The number of rotatable bonds is 3. The van der Waals surface area contributed by atoms with Gasteiger partial charge in [-0.2, -0.15) is 0 Å². The number of aromatic nitrogens is 1. The highest BCUT2D eigenvalue weighted by Gasteiger charge is 2.48. The normalized spacial score (nSPS) is 14.4. The summed E-state index contributed by atoms with van der Waals surface area (Å²) in [5.74, 6) is 0.875. The smallest absolute Gasteiger partial charge is 0.333 e. The predicted octanol–water partition coefficient (Wildman–Crippen LogP) is 16.9. The van der Waals surface area contributed by atoms with Gasteiger partial charge in [-0.05, 0) is 121 Å². The summed E-state index contributed by atoms with van der Waals surface area (Å²) in [4.78, 5) is 2.68. The molecule has 15 rings (SSSR count). The summed E-state index contributed by atoms with van der Waals surface area (Å²) in [5.41, 5.74) is 24.4. The van der Waals surface area contributed by atoms with Crippen molar-refractivity contribution in [2.24, 2.45) is 0 Å². The first-order valence-corrected chi connectivity index (χ1v) is 25.6. The Morgan fingerprint density at radius 2 is 1.17 bits per heavy atom. The van der Waals surface area contributed by atoms with Crippen LogP contribution in [0, 0.1) is 0 Å². The summed E-state index contributed by atoms with van der Waals surface area (Å²) in [5, 5.41) is 5.76. The molecule has 0 fully saturated rings. The molecule has 0 saturated carbocycles. The topological polar surface area (TPSA) is 34.5 Å². The van der Waals surface area contributed by atoms with Gasteiger partial charge in [0.2, 0.25) is 0 Å². The first-order chi connectivity index (χ1) is 34.8. The van der Waals surface area contributed by atoms with E-state index in [0.717, 1.165) is 72.2 Å². The Morgan fingerprint density at radius 3 is 1.92 bits per heavy atom. The molecule has 0 unspecified atom stereocenters.